The third-order valence-electron chi connectivity index (χ3n) is 3.31. The van der Waals surface area contributed by atoms with Gasteiger partial charge in [0.1, 0.15) is 6.04 Å². The van der Waals surface area contributed by atoms with E-state index in [2.05, 4.69) is 5.32 Å². The number of carbonyl (C=O) groups is 2. The molecule has 6 heteroatoms. The van der Waals surface area contributed by atoms with Crippen molar-refractivity contribution in [1.29, 1.82) is 5.26 Å². The molecule has 1 rings (SSSR count). The van der Waals surface area contributed by atoms with E-state index in [9.17, 15) is 9.59 Å². The number of nitriles is 1. The van der Waals surface area contributed by atoms with Gasteiger partial charge in [-0.25, -0.2) is 9.59 Å². The van der Waals surface area contributed by atoms with Gasteiger partial charge in [0.15, 0.2) is 0 Å². The molecule has 1 unspecified atom stereocenters. The van der Waals surface area contributed by atoms with Gasteiger partial charge in [0.05, 0.1) is 12.5 Å². The number of carboxylic acids is 1. The first-order valence-corrected chi connectivity index (χ1v) is 7.24. The van der Waals surface area contributed by atoms with Crippen LogP contribution in [-0.2, 0) is 11.2 Å². The lowest BCUT2D eigenvalue weighted by Gasteiger charge is -2.25. The van der Waals surface area contributed by atoms with Crippen LogP contribution in [0.2, 0.25) is 0 Å². The second-order valence-corrected chi connectivity index (χ2v) is 4.94. The summed E-state index contributed by atoms with van der Waals surface area (Å²) in [6.07, 6.45) is 1.71. The minimum absolute atomic E-state index is 0.106. The predicted molar refractivity (Wildman–Crippen MR) is 82.2 cm³/mol. The fourth-order valence-electron chi connectivity index (χ4n) is 2.01. The third kappa shape index (κ3) is 5.83. The Hall–Kier alpha value is -2.55. The minimum atomic E-state index is -1.09. The number of benzene rings is 1. The second-order valence-electron chi connectivity index (χ2n) is 4.94. The molecule has 22 heavy (non-hydrogen) atoms. The van der Waals surface area contributed by atoms with Crippen molar-refractivity contribution < 1.29 is 14.7 Å². The number of rotatable bonds is 8. The fraction of sp³-hybridized carbons (Fsp3) is 0.438. The van der Waals surface area contributed by atoms with Crippen molar-refractivity contribution in [2.45, 2.75) is 32.2 Å². The Morgan fingerprint density at radius 3 is 2.64 bits per heavy atom. The van der Waals surface area contributed by atoms with E-state index in [4.69, 9.17) is 10.4 Å². The van der Waals surface area contributed by atoms with Gasteiger partial charge in [0, 0.05) is 13.1 Å². The van der Waals surface area contributed by atoms with Crippen molar-refractivity contribution in [3.05, 3.63) is 35.9 Å². The number of hydrogen-bond donors (Lipinski definition) is 2. The van der Waals surface area contributed by atoms with Gasteiger partial charge in [-0.15, -0.1) is 0 Å². The number of amides is 2. The van der Waals surface area contributed by atoms with Gasteiger partial charge in [0.25, 0.3) is 0 Å². The van der Waals surface area contributed by atoms with Crippen molar-refractivity contribution >= 4 is 12.0 Å². The lowest BCUT2D eigenvalue weighted by Crippen LogP contribution is -2.48. The normalized spacial score (nSPS) is 11.3. The molecule has 1 atom stereocenters. The molecule has 0 spiro atoms. The molecular formula is C16H21N3O3. The first-order chi connectivity index (χ1) is 10.6. The zero-order chi connectivity index (χ0) is 16.4. The van der Waals surface area contributed by atoms with Crippen molar-refractivity contribution in [1.82, 2.24) is 10.2 Å². The molecule has 0 radical (unpaired) electrons. The molecule has 0 bridgehead atoms. The smallest absolute Gasteiger partial charge is 0.326 e. The molecule has 0 aliphatic heterocycles. The Labute approximate surface area is 130 Å². The molecule has 1 aromatic carbocycles. The topological polar surface area (TPSA) is 93.4 Å². The van der Waals surface area contributed by atoms with Crippen LogP contribution >= 0.6 is 0 Å². The van der Waals surface area contributed by atoms with Gasteiger partial charge in [-0.05, 0) is 25.3 Å². The molecule has 0 aliphatic carbocycles. The SMILES string of the molecule is CC(C(=O)O)N(CCC#N)C(=O)NCCCc1ccccc1. The summed E-state index contributed by atoms with van der Waals surface area (Å²) in [4.78, 5) is 24.2. The van der Waals surface area contributed by atoms with Gasteiger partial charge in [-0.2, -0.15) is 5.26 Å². The predicted octanol–water partition coefficient (Wildman–Crippen LogP) is 2.02. The van der Waals surface area contributed by atoms with E-state index in [0.29, 0.717) is 6.54 Å². The maximum atomic E-state index is 12.0. The van der Waals surface area contributed by atoms with Crippen LogP contribution in [0.3, 0.4) is 0 Å². The molecule has 118 valence electrons. The van der Waals surface area contributed by atoms with Crippen LogP contribution in [-0.4, -0.2) is 41.1 Å². The van der Waals surface area contributed by atoms with Gasteiger partial charge in [-0.3, -0.25) is 0 Å². The molecule has 1 aromatic rings. The highest BCUT2D eigenvalue weighted by Crippen LogP contribution is 2.04. The molecule has 0 heterocycles. The second kappa shape index (κ2) is 9.40. The van der Waals surface area contributed by atoms with E-state index in [1.54, 1.807) is 0 Å². The highest BCUT2D eigenvalue weighted by Gasteiger charge is 2.24. The number of nitrogens with one attached hydrogen (secondary N) is 1. The Balaban J connectivity index is 2.42. The third-order valence-corrected chi connectivity index (χ3v) is 3.31. The molecule has 0 saturated heterocycles. The van der Waals surface area contributed by atoms with E-state index in [1.807, 2.05) is 36.4 Å². The Kier molecular flexibility index (Phi) is 7.48. The number of hydrogen-bond acceptors (Lipinski definition) is 3. The van der Waals surface area contributed by atoms with E-state index in [0.717, 1.165) is 12.8 Å². The zero-order valence-corrected chi connectivity index (χ0v) is 12.7. The standard InChI is InChI=1S/C16H21N3O3/c1-13(15(20)21)19(12-6-10-17)16(22)18-11-5-9-14-7-3-2-4-8-14/h2-4,7-8,13H,5-6,9,11-12H2,1H3,(H,18,22)(H,20,21). The summed E-state index contributed by atoms with van der Waals surface area (Å²) in [5, 5.41) is 20.3. The van der Waals surface area contributed by atoms with Crippen molar-refractivity contribution in [2.24, 2.45) is 0 Å². The lowest BCUT2D eigenvalue weighted by molar-refractivity contribution is -0.141. The molecule has 6 nitrogen and oxygen atoms in total. The molecule has 0 saturated carbocycles. The Morgan fingerprint density at radius 2 is 2.05 bits per heavy atom. The first kappa shape index (κ1) is 17.5. The van der Waals surface area contributed by atoms with Gasteiger partial charge >= 0.3 is 12.0 Å². The highest BCUT2D eigenvalue weighted by atomic mass is 16.4. The highest BCUT2D eigenvalue weighted by molar-refractivity contribution is 5.82. The molecule has 0 aromatic heterocycles. The van der Waals surface area contributed by atoms with Crippen molar-refractivity contribution in [3.63, 3.8) is 0 Å². The quantitative estimate of drug-likeness (QED) is 0.718. The summed E-state index contributed by atoms with van der Waals surface area (Å²) in [6, 6.07) is 10.4. The van der Waals surface area contributed by atoms with Gasteiger partial charge in [0.2, 0.25) is 0 Å². The summed E-state index contributed by atoms with van der Waals surface area (Å²) in [5.74, 6) is -1.09. The zero-order valence-electron chi connectivity index (χ0n) is 12.7. The average molecular weight is 303 g/mol. The number of carboxylic acid groups (broad SMARTS) is 1. The summed E-state index contributed by atoms with van der Waals surface area (Å²) in [6.45, 7) is 2.00. The van der Waals surface area contributed by atoms with Crippen molar-refractivity contribution in [3.8, 4) is 6.07 Å². The number of urea groups is 1. The van der Waals surface area contributed by atoms with Crippen LogP contribution in [0.15, 0.2) is 30.3 Å². The summed E-state index contributed by atoms with van der Waals surface area (Å²) < 4.78 is 0. The Bertz CT molecular complexity index is 525. The molecule has 0 aliphatic rings. The molecule has 0 fully saturated rings. The van der Waals surface area contributed by atoms with Crippen molar-refractivity contribution in [2.75, 3.05) is 13.1 Å². The Morgan fingerprint density at radius 1 is 1.36 bits per heavy atom. The van der Waals surface area contributed by atoms with Crippen LogP contribution in [0.1, 0.15) is 25.3 Å². The maximum Gasteiger partial charge on any atom is 0.326 e. The maximum absolute atomic E-state index is 12.0. The fourth-order valence-corrected chi connectivity index (χ4v) is 2.01. The molecule has 2 amide bonds. The van der Waals surface area contributed by atoms with E-state index in [1.165, 1.54) is 17.4 Å². The monoisotopic (exact) mass is 303 g/mol. The van der Waals surface area contributed by atoms with E-state index < -0.39 is 18.0 Å². The van der Waals surface area contributed by atoms with Crippen LogP contribution in [0, 0.1) is 11.3 Å². The van der Waals surface area contributed by atoms with Gasteiger partial charge in [-0.1, -0.05) is 30.3 Å². The average Bonchev–Trinajstić information content (AvgIpc) is 2.52. The largest absolute Gasteiger partial charge is 0.480 e. The number of nitrogens with zero attached hydrogens (tertiary/aromatic N) is 2. The molecular weight excluding hydrogens is 282 g/mol. The van der Waals surface area contributed by atoms with Gasteiger partial charge < -0.3 is 15.3 Å². The van der Waals surface area contributed by atoms with Crippen LogP contribution in [0.4, 0.5) is 4.79 Å². The summed E-state index contributed by atoms with van der Waals surface area (Å²) in [7, 11) is 0. The summed E-state index contributed by atoms with van der Waals surface area (Å²) >= 11 is 0. The lowest BCUT2D eigenvalue weighted by atomic mass is 10.1. The van der Waals surface area contributed by atoms with Crippen LogP contribution < -0.4 is 5.32 Å². The first-order valence-electron chi connectivity index (χ1n) is 7.24. The van der Waals surface area contributed by atoms with Crippen LogP contribution in [0.25, 0.3) is 0 Å². The van der Waals surface area contributed by atoms with E-state index >= 15 is 0 Å². The number of aryl methyl sites for hydroxylation is 1. The number of carbonyl (C=O) groups excluding carboxylic acids is 1. The summed E-state index contributed by atoms with van der Waals surface area (Å²) in [5.41, 5.74) is 1.19. The van der Waals surface area contributed by atoms with E-state index in [-0.39, 0.29) is 13.0 Å². The van der Waals surface area contributed by atoms with Crippen LogP contribution in [0.5, 0.6) is 0 Å². The number of aliphatic carboxylic acids is 1. The molecule has 2 N–H and O–H groups in total. The minimum Gasteiger partial charge on any atom is -0.480 e.